The number of aryl methyl sites for hydroxylation is 1. The molecule has 116 valence electrons. The molecule has 1 aromatic heterocycles. The number of hydrazine groups is 1. The number of nitrogens with two attached hydrogens (primary N) is 1. The van der Waals surface area contributed by atoms with E-state index in [2.05, 4.69) is 15.8 Å². The van der Waals surface area contributed by atoms with E-state index in [1.807, 2.05) is 20.8 Å². The van der Waals surface area contributed by atoms with Gasteiger partial charge in [0.05, 0.1) is 5.69 Å². The SMILES string of the molecule is Cc1nc(C(=O)NNC(=O)C(C)(C)C)c(N)cc1C(C)C. The molecule has 1 heterocycles. The summed E-state index contributed by atoms with van der Waals surface area (Å²) in [4.78, 5) is 28.0. The summed E-state index contributed by atoms with van der Waals surface area (Å²) in [5.74, 6) is -0.536. The highest BCUT2D eigenvalue weighted by Gasteiger charge is 2.22. The van der Waals surface area contributed by atoms with Crippen LogP contribution in [0.2, 0.25) is 0 Å². The average molecular weight is 292 g/mol. The first-order valence-corrected chi connectivity index (χ1v) is 6.91. The molecule has 4 N–H and O–H groups in total. The molecular formula is C15H24N4O2. The Bertz CT molecular complexity index is 560. The normalized spacial score (nSPS) is 11.4. The van der Waals surface area contributed by atoms with E-state index >= 15 is 0 Å². The van der Waals surface area contributed by atoms with Crippen LogP contribution in [0.5, 0.6) is 0 Å². The number of rotatable bonds is 2. The number of nitrogens with zero attached hydrogens (tertiary/aromatic N) is 1. The van der Waals surface area contributed by atoms with Crippen molar-refractivity contribution in [3.63, 3.8) is 0 Å². The Balaban J connectivity index is 2.89. The van der Waals surface area contributed by atoms with Crippen LogP contribution in [0, 0.1) is 12.3 Å². The van der Waals surface area contributed by atoms with Crippen molar-refractivity contribution < 1.29 is 9.59 Å². The molecule has 0 aliphatic carbocycles. The van der Waals surface area contributed by atoms with Crippen LogP contribution in [-0.2, 0) is 4.79 Å². The molecule has 0 unspecified atom stereocenters. The van der Waals surface area contributed by atoms with Crippen LogP contribution in [0.1, 0.15) is 62.3 Å². The van der Waals surface area contributed by atoms with Crippen molar-refractivity contribution in [3.05, 3.63) is 23.0 Å². The second-order valence-corrected chi connectivity index (χ2v) is 6.41. The molecule has 0 fully saturated rings. The summed E-state index contributed by atoms with van der Waals surface area (Å²) in [6.45, 7) is 11.2. The number of aromatic nitrogens is 1. The number of pyridine rings is 1. The van der Waals surface area contributed by atoms with Crippen molar-refractivity contribution in [2.24, 2.45) is 5.41 Å². The number of hydrogen-bond acceptors (Lipinski definition) is 4. The summed E-state index contributed by atoms with van der Waals surface area (Å²) in [5, 5.41) is 0. The fourth-order valence-corrected chi connectivity index (χ4v) is 1.76. The van der Waals surface area contributed by atoms with Gasteiger partial charge in [-0.25, -0.2) is 4.98 Å². The maximum atomic E-state index is 12.1. The van der Waals surface area contributed by atoms with E-state index in [1.165, 1.54) is 0 Å². The van der Waals surface area contributed by atoms with E-state index in [4.69, 9.17) is 5.73 Å². The van der Waals surface area contributed by atoms with Crippen LogP contribution in [-0.4, -0.2) is 16.8 Å². The molecule has 1 aromatic rings. The van der Waals surface area contributed by atoms with Gasteiger partial charge in [0.1, 0.15) is 0 Å². The maximum absolute atomic E-state index is 12.1. The first kappa shape index (κ1) is 16.9. The molecule has 0 aromatic carbocycles. The van der Waals surface area contributed by atoms with Crippen LogP contribution in [0.4, 0.5) is 5.69 Å². The molecule has 0 saturated carbocycles. The molecule has 0 aliphatic rings. The lowest BCUT2D eigenvalue weighted by molar-refractivity contribution is -0.129. The highest BCUT2D eigenvalue weighted by atomic mass is 16.2. The van der Waals surface area contributed by atoms with E-state index in [9.17, 15) is 9.59 Å². The van der Waals surface area contributed by atoms with E-state index in [-0.39, 0.29) is 17.5 Å². The van der Waals surface area contributed by atoms with Crippen LogP contribution >= 0.6 is 0 Å². The summed E-state index contributed by atoms with van der Waals surface area (Å²) in [5.41, 5.74) is 12.2. The van der Waals surface area contributed by atoms with Crippen molar-refractivity contribution in [2.45, 2.75) is 47.5 Å². The zero-order valence-electron chi connectivity index (χ0n) is 13.5. The Morgan fingerprint density at radius 1 is 1.24 bits per heavy atom. The van der Waals surface area contributed by atoms with Gasteiger partial charge in [0.15, 0.2) is 5.69 Å². The van der Waals surface area contributed by atoms with E-state index < -0.39 is 11.3 Å². The van der Waals surface area contributed by atoms with Gasteiger partial charge in [-0.2, -0.15) is 0 Å². The number of nitrogens with one attached hydrogen (secondary N) is 2. The Morgan fingerprint density at radius 2 is 1.81 bits per heavy atom. The molecular weight excluding hydrogens is 268 g/mol. The topological polar surface area (TPSA) is 97.1 Å². The maximum Gasteiger partial charge on any atom is 0.290 e. The van der Waals surface area contributed by atoms with Gasteiger partial charge in [-0.1, -0.05) is 34.6 Å². The molecule has 2 amide bonds. The zero-order chi connectivity index (χ0) is 16.4. The minimum absolute atomic E-state index is 0.117. The monoisotopic (exact) mass is 292 g/mol. The average Bonchev–Trinajstić information content (AvgIpc) is 2.36. The van der Waals surface area contributed by atoms with Crippen molar-refractivity contribution in [1.29, 1.82) is 0 Å². The Labute approximate surface area is 125 Å². The highest BCUT2D eigenvalue weighted by molar-refractivity contribution is 5.98. The molecule has 6 nitrogen and oxygen atoms in total. The summed E-state index contributed by atoms with van der Waals surface area (Å²) in [6, 6.07) is 1.76. The van der Waals surface area contributed by atoms with Gasteiger partial charge in [0.2, 0.25) is 5.91 Å². The molecule has 0 radical (unpaired) electrons. The number of hydrogen-bond donors (Lipinski definition) is 3. The van der Waals surface area contributed by atoms with Gasteiger partial charge in [-0.15, -0.1) is 0 Å². The fraction of sp³-hybridized carbons (Fsp3) is 0.533. The predicted molar refractivity (Wildman–Crippen MR) is 82.5 cm³/mol. The minimum Gasteiger partial charge on any atom is -0.397 e. The zero-order valence-corrected chi connectivity index (χ0v) is 13.5. The van der Waals surface area contributed by atoms with E-state index in [0.29, 0.717) is 5.69 Å². The van der Waals surface area contributed by atoms with Crippen LogP contribution < -0.4 is 16.6 Å². The Hall–Kier alpha value is -2.11. The van der Waals surface area contributed by atoms with Gasteiger partial charge in [0.25, 0.3) is 5.91 Å². The van der Waals surface area contributed by atoms with Crippen molar-refractivity contribution in [1.82, 2.24) is 15.8 Å². The third-order valence-electron chi connectivity index (χ3n) is 3.09. The lowest BCUT2D eigenvalue weighted by Gasteiger charge is -2.18. The van der Waals surface area contributed by atoms with Crippen molar-refractivity contribution >= 4 is 17.5 Å². The number of anilines is 1. The third-order valence-corrected chi connectivity index (χ3v) is 3.09. The van der Waals surface area contributed by atoms with E-state index in [0.717, 1.165) is 11.3 Å². The Morgan fingerprint density at radius 3 is 2.29 bits per heavy atom. The van der Waals surface area contributed by atoms with E-state index in [1.54, 1.807) is 26.8 Å². The Kier molecular flexibility index (Phi) is 4.93. The van der Waals surface area contributed by atoms with Crippen LogP contribution in [0.25, 0.3) is 0 Å². The highest BCUT2D eigenvalue weighted by Crippen LogP contribution is 2.22. The van der Waals surface area contributed by atoms with Gasteiger partial charge >= 0.3 is 0 Å². The van der Waals surface area contributed by atoms with Crippen molar-refractivity contribution in [2.75, 3.05) is 5.73 Å². The molecule has 0 bridgehead atoms. The summed E-state index contributed by atoms with van der Waals surface area (Å²) >= 11 is 0. The summed E-state index contributed by atoms with van der Waals surface area (Å²) in [6.07, 6.45) is 0. The molecule has 6 heteroatoms. The lowest BCUT2D eigenvalue weighted by atomic mass is 9.96. The van der Waals surface area contributed by atoms with Gasteiger partial charge in [0, 0.05) is 11.1 Å². The fourth-order valence-electron chi connectivity index (χ4n) is 1.76. The summed E-state index contributed by atoms with van der Waals surface area (Å²) < 4.78 is 0. The number of carbonyl (C=O) groups excluding carboxylic acids is 2. The molecule has 0 spiro atoms. The molecule has 21 heavy (non-hydrogen) atoms. The predicted octanol–water partition coefficient (Wildman–Crippen LogP) is 1.90. The van der Waals surface area contributed by atoms with Gasteiger partial charge < -0.3 is 5.73 Å². The van der Waals surface area contributed by atoms with Gasteiger partial charge in [-0.3, -0.25) is 20.4 Å². The minimum atomic E-state index is -0.594. The largest absolute Gasteiger partial charge is 0.397 e. The molecule has 0 atom stereocenters. The second kappa shape index (κ2) is 6.11. The second-order valence-electron chi connectivity index (χ2n) is 6.41. The number of nitrogen functional groups attached to an aromatic ring is 1. The molecule has 0 aliphatic heterocycles. The first-order chi connectivity index (χ1) is 9.54. The van der Waals surface area contributed by atoms with Crippen molar-refractivity contribution in [3.8, 4) is 0 Å². The molecule has 1 rings (SSSR count). The number of amides is 2. The van der Waals surface area contributed by atoms with Crippen LogP contribution in [0.15, 0.2) is 6.07 Å². The molecule has 0 saturated heterocycles. The quantitative estimate of drug-likeness (QED) is 0.725. The third kappa shape index (κ3) is 4.18. The van der Waals surface area contributed by atoms with Crippen LogP contribution in [0.3, 0.4) is 0 Å². The first-order valence-electron chi connectivity index (χ1n) is 6.91. The number of carbonyl (C=O) groups is 2. The standard InChI is InChI=1S/C15H24N4O2/c1-8(2)10-7-11(16)12(17-9(10)3)13(20)18-19-14(21)15(4,5)6/h7-8H,16H2,1-6H3,(H,18,20)(H,19,21). The lowest BCUT2D eigenvalue weighted by Crippen LogP contribution is -2.47. The smallest absolute Gasteiger partial charge is 0.290 e. The summed E-state index contributed by atoms with van der Waals surface area (Å²) in [7, 11) is 0. The van der Waals surface area contributed by atoms with Gasteiger partial charge in [-0.05, 0) is 24.5 Å².